The average molecular weight is 372 g/mol. The maximum atomic E-state index is 6.43. The van der Waals surface area contributed by atoms with Gasteiger partial charge in [0.2, 0.25) is 0 Å². The molecular weight excluding hydrogens is 336 g/mol. The van der Waals surface area contributed by atoms with Crippen LogP contribution in [-0.4, -0.2) is 18.3 Å². The summed E-state index contributed by atoms with van der Waals surface area (Å²) >= 11 is 0. The van der Waals surface area contributed by atoms with Crippen LogP contribution in [0.1, 0.15) is 96.3 Å². The molecule has 27 heavy (non-hydrogen) atoms. The van der Waals surface area contributed by atoms with E-state index in [1.807, 2.05) is 12.1 Å². The van der Waals surface area contributed by atoms with Gasteiger partial charge >= 0.3 is 0 Å². The molecule has 0 saturated heterocycles. The fraction of sp³-hybridized carbons (Fsp3) is 0.750. The van der Waals surface area contributed by atoms with E-state index in [0.717, 1.165) is 55.8 Å². The van der Waals surface area contributed by atoms with Crippen molar-refractivity contribution in [2.75, 3.05) is 0 Å². The number of rotatable bonds is 6. The van der Waals surface area contributed by atoms with Gasteiger partial charge in [-0.2, -0.15) is 0 Å². The molecule has 149 valence electrons. The van der Waals surface area contributed by atoms with Crippen molar-refractivity contribution >= 4 is 0 Å². The maximum Gasteiger partial charge on any atom is 0.165 e. The molecule has 3 heteroatoms. The summed E-state index contributed by atoms with van der Waals surface area (Å²) in [7, 11) is 0. The number of hydrogen-bond acceptors (Lipinski definition) is 3. The lowest BCUT2D eigenvalue weighted by Gasteiger charge is -2.28. The van der Waals surface area contributed by atoms with Crippen molar-refractivity contribution in [3.63, 3.8) is 0 Å². The van der Waals surface area contributed by atoms with Gasteiger partial charge in [0.05, 0.1) is 18.3 Å². The zero-order valence-electron chi connectivity index (χ0n) is 16.7. The van der Waals surface area contributed by atoms with Gasteiger partial charge in [0.1, 0.15) is 5.75 Å². The molecule has 3 saturated carbocycles. The van der Waals surface area contributed by atoms with Crippen molar-refractivity contribution in [3.8, 4) is 17.2 Å². The van der Waals surface area contributed by atoms with Crippen LogP contribution in [0.4, 0.5) is 0 Å². The van der Waals surface area contributed by atoms with Gasteiger partial charge < -0.3 is 14.2 Å². The molecule has 3 aliphatic rings. The van der Waals surface area contributed by atoms with Crippen molar-refractivity contribution in [2.24, 2.45) is 0 Å². The molecule has 0 aromatic heterocycles. The number of benzene rings is 1. The maximum absolute atomic E-state index is 6.43. The summed E-state index contributed by atoms with van der Waals surface area (Å²) in [5.74, 6) is 2.56. The highest BCUT2D eigenvalue weighted by molar-refractivity contribution is 5.45. The van der Waals surface area contributed by atoms with Crippen LogP contribution in [-0.2, 0) is 0 Å². The summed E-state index contributed by atoms with van der Waals surface area (Å²) in [6.07, 6.45) is 19.6. The summed E-state index contributed by atoms with van der Waals surface area (Å²) < 4.78 is 19.0. The van der Waals surface area contributed by atoms with E-state index >= 15 is 0 Å². The fourth-order valence-corrected chi connectivity index (χ4v) is 4.78. The van der Waals surface area contributed by atoms with Crippen LogP contribution in [0.5, 0.6) is 17.2 Å². The van der Waals surface area contributed by atoms with Crippen molar-refractivity contribution in [1.82, 2.24) is 0 Å². The molecule has 1 radical (unpaired) electrons. The Morgan fingerprint density at radius 2 is 1.00 bits per heavy atom. The second-order valence-corrected chi connectivity index (χ2v) is 8.66. The number of hydrogen-bond donors (Lipinski definition) is 0. The molecule has 3 nitrogen and oxygen atoms in total. The zero-order chi connectivity index (χ0) is 18.3. The molecule has 0 heterocycles. The van der Waals surface area contributed by atoms with E-state index in [1.165, 1.54) is 57.8 Å². The molecule has 0 amide bonds. The molecule has 1 aromatic carbocycles. The molecule has 1 aromatic rings. The summed E-state index contributed by atoms with van der Waals surface area (Å²) in [6.45, 7) is 0. The van der Waals surface area contributed by atoms with E-state index in [-0.39, 0.29) is 0 Å². The van der Waals surface area contributed by atoms with E-state index in [1.54, 1.807) is 0 Å². The smallest absolute Gasteiger partial charge is 0.165 e. The third-order valence-corrected chi connectivity index (χ3v) is 6.39. The summed E-state index contributed by atoms with van der Waals surface area (Å²) in [5, 5.41) is 0. The molecule has 0 spiro atoms. The minimum Gasteiger partial charge on any atom is -0.490 e. The Labute approximate surface area is 164 Å². The van der Waals surface area contributed by atoms with Crippen LogP contribution in [0.3, 0.4) is 0 Å². The first-order valence-corrected chi connectivity index (χ1v) is 11.4. The first-order chi connectivity index (χ1) is 13.4. The summed E-state index contributed by atoms with van der Waals surface area (Å²) in [4.78, 5) is 0. The third-order valence-electron chi connectivity index (χ3n) is 6.39. The minimum atomic E-state index is 0.317. The molecule has 0 atom stereocenters. The predicted molar refractivity (Wildman–Crippen MR) is 108 cm³/mol. The molecule has 0 bridgehead atoms. The van der Waals surface area contributed by atoms with E-state index in [9.17, 15) is 0 Å². The highest BCUT2D eigenvalue weighted by Gasteiger charge is 2.22. The predicted octanol–water partition coefficient (Wildman–Crippen LogP) is 6.62. The van der Waals surface area contributed by atoms with Gasteiger partial charge in [0, 0.05) is 12.1 Å². The van der Waals surface area contributed by atoms with Crippen LogP contribution in [0, 0.1) is 6.07 Å². The van der Waals surface area contributed by atoms with E-state index < -0.39 is 0 Å². The Morgan fingerprint density at radius 1 is 0.556 bits per heavy atom. The highest BCUT2D eigenvalue weighted by atomic mass is 16.5. The highest BCUT2D eigenvalue weighted by Crippen LogP contribution is 2.37. The molecule has 3 fully saturated rings. The summed E-state index contributed by atoms with van der Waals surface area (Å²) in [5.41, 5.74) is 0. The average Bonchev–Trinajstić information content (AvgIpc) is 2.72. The van der Waals surface area contributed by atoms with E-state index in [2.05, 4.69) is 6.07 Å². The molecule has 4 rings (SSSR count). The lowest BCUT2D eigenvalue weighted by atomic mass is 9.97. The van der Waals surface area contributed by atoms with Crippen molar-refractivity contribution in [2.45, 2.75) is 115 Å². The number of ether oxygens (including phenoxy) is 3. The fourth-order valence-electron chi connectivity index (χ4n) is 4.78. The Kier molecular flexibility index (Phi) is 6.81. The Balaban J connectivity index is 1.47. The second-order valence-electron chi connectivity index (χ2n) is 8.66. The first kappa shape index (κ1) is 19.0. The lowest BCUT2D eigenvalue weighted by molar-refractivity contribution is 0.120. The van der Waals surface area contributed by atoms with Gasteiger partial charge in [-0.15, -0.1) is 0 Å². The molecule has 0 unspecified atom stereocenters. The quantitative estimate of drug-likeness (QED) is 0.562. The first-order valence-electron chi connectivity index (χ1n) is 11.4. The van der Waals surface area contributed by atoms with Gasteiger partial charge in [-0.05, 0) is 83.1 Å². The van der Waals surface area contributed by atoms with Crippen molar-refractivity contribution in [3.05, 3.63) is 18.2 Å². The monoisotopic (exact) mass is 371 g/mol. The van der Waals surface area contributed by atoms with Gasteiger partial charge in [0.25, 0.3) is 0 Å². The Morgan fingerprint density at radius 3 is 1.52 bits per heavy atom. The van der Waals surface area contributed by atoms with Gasteiger partial charge in [-0.1, -0.05) is 19.3 Å². The lowest BCUT2D eigenvalue weighted by Crippen LogP contribution is -2.23. The van der Waals surface area contributed by atoms with Crippen molar-refractivity contribution in [1.29, 1.82) is 0 Å². The Bertz CT molecular complexity index is 567. The van der Waals surface area contributed by atoms with Gasteiger partial charge in [0.15, 0.2) is 11.5 Å². The van der Waals surface area contributed by atoms with Crippen LogP contribution >= 0.6 is 0 Å². The topological polar surface area (TPSA) is 27.7 Å². The van der Waals surface area contributed by atoms with Crippen LogP contribution < -0.4 is 14.2 Å². The zero-order valence-corrected chi connectivity index (χ0v) is 16.7. The van der Waals surface area contributed by atoms with Gasteiger partial charge in [-0.3, -0.25) is 0 Å². The molecule has 0 N–H and O–H groups in total. The van der Waals surface area contributed by atoms with Crippen LogP contribution in [0.2, 0.25) is 0 Å². The van der Waals surface area contributed by atoms with Gasteiger partial charge in [-0.25, -0.2) is 0 Å². The Hall–Kier alpha value is -1.38. The third kappa shape index (κ3) is 5.56. The van der Waals surface area contributed by atoms with Crippen LogP contribution in [0.15, 0.2) is 12.1 Å². The summed E-state index contributed by atoms with van der Waals surface area (Å²) in [6, 6.07) is 7.33. The van der Waals surface area contributed by atoms with Crippen molar-refractivity contribution < 1.29 is 14.2 Å². The normalized spacial score (nSPS) is 23.1. The molecule has 0 aliphatic heterocycles. The standard InChI is InChI=1S/C24H35O3/c1-4-10-19(11-5-1)25-22-16-17-23(26-20-12-6-2-7-13-20)24(18-22)27-21-14-8-3-9-15-21/h17-21H,1-15H2. The largest absolute Gasteiger partial charge is 0.490 e. The minimum absolute atomic E-state index is 0.317. The SMILES string of the molecule is [c]1cc(OC2CCCCC2)c(OC2CCCCC2)cc1OC1CCCCC1. The second kappa shape index (κ2) is 9.71. The molecule has 3 aliphatic carbocycles. The van der Waals surface area contributed by atoms with E-state index in [4.69, 9.17) is 14.2 Å². The van der Waals surface area contributed by atoms with Crippen LogP contribution in [0.25, 0.3) is 0 Å². The molecular formula is C24H35O3. The van der Waals surface area contributed by atoms with E-state index in [0.29, 0.717) is 18.3 Å².